The molecule has 1 N–H and O–H groups in total. The van der Waals surface area contributed by atoms with Gasteiger partial charge in [-0.3, -0.25) is 19.5 Å². The molecule has 0 spiro atoms. The molecule has 1 saturated heterocycles. The molecule has 0 radical (unpaired) electrons. The van der Waals surface area contributed by atoms with Gasteiger partial charge in [-0.15, -0.1) is 11.3 Å². The molecule has 0 bridgehead atoms. The van der Waals surface area contributed by atoms with Gasteiger partial charge in [-0.1, -0.05) is 54.6 Å². The Morgan fingerprint density at radius 1 is 1.00 bits per heavy atom. The fourth-order valence-electron chi connectivity index (χ4n) is 5.43. The van der Waals surface area contributed by atoms with Crippen molar-refractivity contribution >= 4 is 38.2 Å². The van der Waals surface area contributed by atoms with Crippen LogP contribution in [-0.4, -0.2) is 46.6 Å². The van der Waals surface area contributed by atoms with Gasteiger partial charge in [0.1, 0.15) is 10.3 Å². The van der Waals surface area contributed by atoms with Gasteiger partial charge in [-0.25, -0.2) is 0 Å². The van der Waals surface area contributed by atoms with Crippen molar-refractivity contribution in [3.05, 3.63) is 105 Å². The molecule has 0 aliphatic carbocycles. The molecule has 198 valence electrons. The average Bonchev–Trinajstić information content (AvgIpc) is 3.38. The first kappa shape index (κ1) is 25.3. The highest BCUT2D eigenvalue weighted by Crippen LogP contribution is 2.39. The van der Waals surface area contributed by atoms with Gasteiger partial charge in [0.15, 0.2) is 5.75 Å². The molecule has 0 saturated carbocycles. The maximum absolute atomic E-state index is 13.9. The van der Waals surface area contributed by atoms with E-state index >= 15 is 0 Å². The molecule has 8 heteroatoms. The van der Waals surface area contributed by atoms with Crippen molar-refractivity contribution in [2.24, 2.45) is 0 Å². The lowest BCUT2D eigenvalue weighted by Crippen LogP contribution is -2.44. The van der Waals surface area contributed by atoms with Crippen LogP contribution in [0.4, 0.5) is 0 Å². The highest BCUT2D eigenvalue weighted by atomic mass is 32.1. The van der Waals surface area contributed by atoms with Crippen molar-refractivity contribution in [2.75, 3.05) is 20.2 Å². The van der Waals surface area contributed by atoms with Crippen molar-refractivity contribution in [1.82, 2.24) is 19.8 Å². The van der Waals surface area contributed by atoms with Crippen LogP contribution >= 0.6 is 11.3 Å². The lowest BCUT2D eigenvalue weighted by atomic mass is 10.0. The molecule has 6 rings (SSSR count). The molecule has 0 atom stereocenters. The van der Waals surface area contributed by atoms with Gasteiger partial charge in [-0.2, -0.15) is 0 Å². The molecule has 7 nitrogen and oxygen atoms in total. The number of thiophene rings is 1. The van der Waals surface area contributed by atoms with Gasteiger partial charge in [0.25, 0.3) is 11.5 Å². The third-order valence-electron chi connectivity index (χ3n) is 7.39. The number of nitrogens with zero attached hydrogens (tertiary/aromatic N) is 3. The smallest absolute Gasteiger partial charge is 0.265 e. The number of likely N-dealkylation sites (tertiary alicyclic amines) is 1. The van der Waals surface area contributed by atoms with Crippen LogP contribution in [-0.2, 0) is 13.1 Å². The summed E-state index contributed by atoms with van der Waals surface area (Å²) in [5.41, 5.74) is 2.71. The summed E-state index contributed by atoms with van der Waals surface area (Å²) < 4.78 is 8.23. The van der Waals surface area contributed by atoms with Crippen LogP contribution in [0.3, 0.4) is 0 Å². The van der Waals surface area contributed by atoms with E-state index in [-0.39, 0.29) is 17.5 Å². The molecule has 0 unspecified atom stereocenters. The number of aromatic nitrogens is 2. The summed E-state index contributed by atoms with van der Waals surface area (Å²) in [4.78, 5) is 34.7. The Labute approximate surface area is 230 Å². The van der Waals surface area contributed by atoms with E-state index in [0.717, 1.165) is 53.8 Å². The maximum atomic E-state index is 13.9. The van der Waals surface area contributed by atoms with Gasteiger partial charge in [0.05, 0.1) is 29.6 Å². The van der Waals surface area contributed by atoms with Gasteiger partial charge in [-0.05, 0) is 36.6 Å². The van der Waals surface area contributed by atoms with Crippen molar-refractivity contribution in [3.8, 4) is 5.75 Å². The molecule has 39 heavy (non-hydrogen) atoms. The summed E-state index contributed by atoms with van der Waals surface area (Å²) in [6.45, 7) is 3.10. The minimum absolute atomic E-state index is 0.0806. The van der Waals surface area contributed by atoms with E-state index in [4.69, 9.17) is 4.74 Å². The van der Waals surface area contributed by atoms with Crippen LogP contribution in [0.1, 0.15) is 33.8 Å². The van der Waals surface area contributed by atoms with E-state index < -0.39 is 0 Å². The zero-order valence-corrected chi connectivity index (χ0v) is 22.6. The quantitative estimate of drug-likeness (QED) is 0.313. The number of ether oxygens (including phenoxy) is 1. The molecule has 4 heterocycles. The monoisotopic (exact) mass is 538 g/mol. The molecule has 1 fully saturated rings. The number of piperidine rings is 1. The van der Waals surface area contributed by atoms with Crippen LogP contribution in [0.5, 0.6) is 5.75 Å². The Balaban J connectivity index is 1.28. The molecule has 1 aliphatic rings. The number of amides is 1. The molecular formula is C31H30N4O3S. The number of para-hydroxylation sites is 1. The summed E-state index contributed by atoms with van der Waals surface area (Å²) in [6, 6.07) is 24.0. The fourth-order valence-corrected chi connectivity index (χ4v) is 6.63. The Kier molecular flexibility index (Phi) is 7.13. The van der Waals surface area contributed by atoms with Crippen LogP contribution in [0, 0.1) is 0 Å². The zero-order chi connectivity index (χ0) is 26.8. The Bertz CT molecular complexity index is 1670. The van der Waals surface area contributed by atoms with E-state index in [2.05, 4.69) is 39.5 Å². The minimum Gasteiger partial charge on any atom is -0.494 e. The first-order valence-electron chi connectivity index (χ1n) is 13.2. The Morgan fingerprint density at radius 3 is 2.49 bits per heavy atom. The highest BCUT2D eigenvalue weighted by Gasteiger charge is 2.27. The summed E-state index contributed by atoms with van der Waals surface area (Å²) in [5.74, 6) is 0.161. The average molecular weight is 539 g/mol. The summed E-state index contributed by atoms with van der Waals surface area (Å²) >= 11 is 1.33. The lowest BCUT2D eigenvalue weighted by Gasteiger charge is -2.32. The number of carbonyl (C=O) groups is 1. The Hall–Kier alpha value is -4.01. The van der Waals surface area contributed by atoms with Crippen molar-refractivity contribution < 1.29 is 9.53 Å². The van der Waals surface area contributed by atoms with Gasteiger partial charge < -0.3 is 14.6 Å². The largest absolute Gasteiger partial charge is 0.494 e. The van der Waals surface area contributed by atoms with Crippen LogP contribution < -0.4 is 15.6 Å². The van der Waals surface area contributed by atoms with Crippen molar-refractivity contribution in [2.45, 2.75) is 32.0 Å². The standard InChI is InChI=1S/C31H30N4O3S/c1-38-27-26-28(24-12-5-6-13-25(24)35(31(26)37)20-23-11-7-8-16-32-23)39-29(27)30(36)33-22-14-17-34(18-15-22)19-21-9-3-2-4-10-21/h2-13,16,22H,14-15,17-20H2,1H3,(H,33,36). The number of nitrogens with one attached hydrogen (secondary N) is 1. The minimum atomic E-state index is -0.186. The predicted octanol–water partition coefficient (Wildman–Crippen LogP) is 5.06. The second-order valence-electron chi connectivity index (χ2n) is 9.91. The molecule has 2 aromatic carbocycles. The first-order chi connectivity index (χ1) is 19.1. The van der Waals surface area contributed by atoms with E-state index in [1.54, 1.807) is 10.8 Å². The number of fused-ring (bicyclic) bond motifs is 3. The fraction of sp³-hybridized carbons (Fsp3) is 0.258. The normalized spacial score (nSPS) is 14.6. The molecule has 1 aliphatic heterocycles. The second-order valence-corrected chi connectivity index (χ2v) is 10.9. The second kappa shape index (κ2) is 11.0. The number of hydrogen-bond acceptors (Lipinski definition) is 6. The third kappa shape index (κ3) is 5.05. The van der Waals surface area contributed by atoms with Gasteiger partial charge >= 0.3 is 0 Å². The van der Waals surface area contributed by atoms with Crippen molar-refractivity contribution in [3.63, 3.8) is 0 Å². The SMILES string of the molecule is COc1c(C(=O)NC2CCN(Cc3ccccc3)CC2)sc2c1c(=O)n(Cc1ccccn1)c1ccccc21. The Morgan fingerprint density at radius 2 is 1.74 bits per heavy atom. The molecule has 3 aromatic heterocycles. The van der Waals surface area contributed by atoms with Crippen LogP contribution in [0.25, 0.3) is 21.0 Å². The number of pyridine rings is 2. The third-order valence-corrected chi connectivity index (χ3v) is 8.59. The number of benzene rings is 2. The molecule has 1 amide bonds. The number of carbonyl (C=O) groups excluding carboxylic acids is 1. The summed E-state index contributed by atoms with van der Waals surface area (Å²) in [5, 5.41) is 4.58. The predicted molar refractivity (Wildman–Crippen MR) is 156 cm³/mol. The van der Waals surface area contributed by atoms with E-state index in [9.17, 15) is 9.59 Å². The van der Waals surface area contributed by atoms with Crippen molar-refractivity contribution in [1.29, 1.82) is 0 Å². The number of hydrogen-bond donors (Lipinski definition) is 1. The van der Waals surface area contributed by atoms with Gasteiger partial charge in [0, 0.05) is 37.3 Å². The van der Waals surface area contributed by atoms with E-state index in [1.807, 2.05) is 48.5 Å². The number of rotatable bonds is 7. The van der Waals surface area contributed by atoms with Gasteiger partial charge in [0.2, 0.25) is 0 Å². The van der Waals surface area contributed by atoms with E-state index in [1.165, 1.54) is 24.0 Å². The van der Waals surface area contributed by atoms with E-state index in [0.29, 0.717) is 22.6 Å². The lowest BCUT2D eigenvalue weighted by molar-refractivity contribution is 0.0910. The summed E-state index contributed by atoms with van der Waals surface area (Å²) in [6.07, 6.45) is 3.48. The van der Waals surface area contributed by atoms with Crippen LogP contribution in [0.15, 0.2) is 83.8 Å². The van der Waals surface area contributed by atoms with Crippen LogP contribution in [0.2, 0.25) is 0 Å². The zero-order valence-electron chi connectivity index (χ0n) is 21.8. The summed E-state index contributed by atoms with van der Waals surface area (Å²) in [7, 11) is 1.53. The molecule has 5 aromatic rings. The topological polar surface area (TPSA) is 76.5 Å². The number of methoxy groups -OCH3 is 1. The first-order valence-corrected chi connectivity index (χ1v) is 14.0. The highest BCUT2D eigenvalue weighted by molar-refractivity contribution is 7.22. The molecular weight excluding hydrogens is 508 g/mol. The maximum Gasteiger partial charge on any atom is 0.265 e.